The number of H-pyrrole nitrogens is 1. The summed E-state index contributed by atoms with van der Waals surface area (Å²) in [4.78, 5) is 10.8. The summed E-state index contributed by atoms with van der Waals surface area (Å²) >= 11 is 0. The molecule has 1 aromatic heterocycles. The van der Waals surface area contributed by atoms with E-state index >= 15 is 0 Å². The summed E-state index contributed by atoms with van der Waals surface area (Å²) in [6.07, 6.45) is 5.56. The lowest BCUT2D eigenvalue weighted by atomic mass is 9.97. The molecule has 7 heteroatoms. The van der Waals surface area contributed by atoms with Crippen molar-refractivity contribution in [1.29, 1.82) is 0 Å². The number of rotatable bonds is 9. The van der Waals surface area contributed by atoms with E-state index in [9.17, 15) is 0 Å². The molecule has 0 amide bonds. The van der Waals surface area contributed by atoms with Gasteiger partial charge in [-0.25, -0.2) is 0 Å². The van der Waals surface area contributed by atoms with Crippen LogP contribution < -0.4 is 10.6 Å². The number of hydrogen-bond donors (Lipinski definition) is 3. The van der Waals surface area contributed by atoms with Gasteiger partial charge in [0.05, 0.1) is 6.61 Å². The zero-order chi connectivity index (χ0) is 20.5. The van der Waals surface area contributed by atoms with E-state index in [4.69, 9.17) is 9.73 Å². The predicted molar refractivity (Wildman–Crippen MR) is 137 cm³/mol. The minimum Gasteiger partial charge on any atom is -0.383 e. The summed E-state index contributed by atoms with van der Waals surface area (Å²) < 4.78 is 5.19. The van der Waals surface area contributed by atoms with E-state index in [0.29, 0.717) is 5.92 Å². The summed E-state index contributed by atoms with van der Waals surface area (Å²) in [7, 11) is 1.77. The van der Waals surface area contributed by atoms with E-state index in [1.54, 1.807) is 7.11 Å². The smallest absolute Gasteiger partial charge is 0.191 e. The number of likely N-dealkylation sites (tertiary alicyclic amines) is 1. The van der Waals surface area contributed by atoms with E-state index < -0.39 is 0 Å². The van der Waals surface area contributed by atoms with Crippen LogP contribution in [0, 0.1) is 12.8 Å². The number of aromatic amines is 1. The Morgan fingerprint density at radius 2 is 2.07 bits per heavy atom. The average molecular weight is 527 g/mol. The van der Waals surface area contributed by atoms with Gasteiger partial charge in [0.15, 0.2) is 5.96 Å². The molecular weight excluding hydrogens is 489 g/mol. The molecule has 0 bridgehead atoms. The first-order valence-electron chi connectivity index (χ1n) is 11.0. The number of para-hydroxylation sites is 1. The number of methoxy groups -OCH3 is 1. The molecule has 0 saturated carbocycles. The highest BCUT2D eigenvalue weighted by molar-refractivity contribution is 14.0. The molecule has 6 nitrogen and oxygen atoms in total. The fourth-order valence-corrected chi connectivity index (χ4v) is 4.06. The minimum atomic E-state index is 0. The molecule has 0 spiro atoms. The van der Waals surface area contributed by atoms with Gasteiger partial charge in [0.2, 0.25) is 0 Å². The topological polar surface area (TPSA) is 64.7 Å². The van der Waals surface area contributed by atoms with Crippen LogP contribution in [0.3, 0.4) is 0 Å². The predicted octanol–water partition coefficient (Wildman–Crippen LogP) is 3.55. The van der Waals surface area contributed by atoms with Crippen molar-refractivity contribution in [3.8, 4) is 0 Å². The summed E-state index contributed by atoms with van der Waals surface area (Å²) in [5.74, 6) is 1.62. The van der Waals surface area contributed by atoms with Gasteiger partial charge in [-0.15, -0.1) is 24.0 Å². The van der Waals surface area contributed by atoms with Gasteiger partial charge in [0, 0.05) is 50.4 Å². The molecule has 30 heavy (non-hydrogen) atoms. The molecule has 2 aromatic rings. The number of fused-ring (bicyclic) bond motifs is 1. The first kappa shape index (κ1) is 24.9. The molecule has 1 aliphatic heterocycles. The van der Waals surface area contributed by atoms with E-state index in [1.807, 2.05) is 0 Å². The molecule has 0 atom stereocenters. The highest BCUT2D eigenvalue weighted by atomic mass is 127. The van der Waals surface area contributed by atoms with E-state index in [-0.39, 0.29) is 24.0 Å². The third kappa shape index (κ3) is 7.13. The minimum absolute atomic E-state index is 0. The van der Waals surface area contributed by atoms with Crippen LogP contribution in [0.2, 0.25) is 0 Å². The molecule has 1 fully saturated rings. The van der Waals surface area contributed by atoms with Gasteiger partial charge >= 0.3 is 0 Å². The second-order valence-electron chi connectivity index (χ2n) is 7.99. The number of aromatic nitrogens is 1. The van der Waals surface area contributed by atoms with Crippen LogP contribution in [-0.4, -0.2) is 68.8 Å². The number of ether oxygens (including phenoxy) is 1. The van der Waals surface area contributed by atoms with Gasteiger partial charge in [-0.2, -0.15) is 0 Å². The summed E-state index contributed by atoms with van der Waals surface area (Å²) in [5.41, 5.74) is 3.90. The maximum absolute atomic E-state index is 5.19. The van der Waals surface area contributed by atoms with Gasteiger partial charge in [-0.05, 0) is 63.2 Å². The summed E-state index contributed by atoms with van der Waals surface area (Å²) in [6.45, 7) is 11.1. The molecule has 1 aromatic carbocycles. The van der Waals surface area contributed by atoms with Crippen LogP contribution in [0.15, 0.2) is 29.4 Å². The van der Waals surface area contributed by atoms with Crippen molar-refractivity contribution in [2.45, 2.75) is 33.1 Å². The number of benzene rings is 1. The zero-order valence-electron chi connectivity index (χ0n) is 18.7. The standard InChI is InChI=1S/C23H37N5O.HI/c1-4-24-23(27-16-19-9-12-28(13-10-19)14-15-29-3)25-11-8-20-17-26-22-18(2)6-5-7-21(20)22;/h5-7,17,19,26H,4,8-16H2,1-3H3,(H2,24,25,27);1H. The van der Waals surface area contributed by atoms with Crippen LogP contribution in [0.4, 0.5) is 0 Å². The largest absolute Gasteiger partial charge is 0.383 e. The Bertz CT molecular complexity index is 783. The number of hydrogen-bond acceptors (Lipinski definition) is 3. The molecule has 0 radical (unpaired) electrons. The van der Waals surface area contributed by atoms with Crippen molar-refractivity contribution >= 4 is 40.8 Å². The normalized spacial score (nSPS) is 15.9. The molecule has 0 unspecified atom stereocenters. The highest BCUT2D eigenvalue weighted by Crippen LogP contribution is 2.21. The molecule has 168 valence electrons. The van der Waals surface area contributed by atoms with Crippen molar-refractivity contribution in [2.24, 2.45) is 10.9 Å². The Kier molecular flexibility index (Phi) is 11.0. The number of guanidine groups is 1. The Balaban J connectivity index is 0.00000320. The average Bonchev–Trinajstić information content (AvgIpc) is 3.16. The lowest BCUT2D eigenvalue weighted by Gasteiger charge is -2.31. The first-order chi connectivity index (χ1) is 14.2. The summed E-state index contributed by atoms with van der Waals surface area (Å²) in [6, 6.07) is 6.49. The van der Waals surface area contributed by atoms with Crippen molar-refractivity contribution in [3.63, 3.8) is 0 Å². The molecule has 3 rings (SSSR count). The molecule has 0 aliphatic carbocycles. The van der Waals surface area contributed by atoms with Crippen molar-refractivity contribution < 1.29 is 4.74 Å². The van der Waals surface area contributed by atoms with Crippen molar-refractivity contribution in [3.05, 3.63) is 35.5 Å². The van der Waals surface area contributed by atoms with Gasteiger partial charge in [-0.1, -0.05) is 18.2 Å². The van der Waals surface area contributed by atoms with Gasteiger partial charge in [-0.3, -0.25) is 4.99 Å². The lowest BCUT2D eigenvalue weighted by Crippen LogP contribution is -2.40. The number of aliphatic imine (C=N–C) groups is 1. The van der Waals surface area contributed by atoms with Gasteiger partial charge in [0.25, 0.3) is 0 Å². The van der Waals surface area contributed by atoms with Crippen LogP contribution in [-0.2, 0) is 11.2 Å². The van der Waals surface area contributed by atoms with Gasteiger partial charge < -0.3 is 25.3 Å². The number of piperidine rings is 1. The summed E-state index contributed by atoms with van der Waals surface area (Å²) in [5, 5.41) is 8.23. The van der Waals surface area contributed by atoms with E-state index in [0.717, 1.165) is 58.3 Å². The van der Waals surface area contributed by atoms with Crippen LogP contribution in [0.25, 0.3) is 10.9 Å². The van der Waals surface area contributed by atoms with E-state index in [2.05, 4.69) is 58.8 Å². The molecule has 3 N–H and O–H groups in total. The first-order valence-corrected chi connectivity index (χ1v) is 11.0. The van der Waals surface area contributed by atoms with Crippen LogP contribution in [0.5, 0.6) is 0 Å². The second kappa shape index (κ2) is 13.2. The maximum Gasteiger partial charge on any atom is 0.191 e. The Labute approximate surface area is 198 Å². The Morgan fingerprint density at radius 3 is 2.80 bits per heavy atom. The van der Waals surface area contributed by atoms with Crippen LogP contribution >= 0.6 is 24.0 Å². The Morgan fingerprint density at radius 1 is 1.27 bits per heavy atom. The second-order valence-corrected chi connectivity index (χ2v) is 7.99. The third-order valence-electron chi connectivity index (χ3n) is 5.87. The van der Waals surface area contributed by atoms with E-state index in [1.165, 1.54) is 34.9 Å². The van der Waals surface area contributed by atoms with Crippen molar-refractivity contribution in [1.82, 2.24) is 20.5 Å². The molecule has 1 aliphatic rings. The van der Waals surface area contributed by atoms with Crippen LogP contribution in [0.1, 0.15) is 30.9 Å². The SMILES string of the molecule is CCNC(=NCC1CCN(CCOC)CC1)NCCc1c[nH]c2c(C)cccc12.I. The quantitative estimate of drug-likeness (QED) is 0.265. The fourth-order valence-electron chi connectivity index (χ4n) is 4.06. The number of aryl methyl sites for hydroxylation is 1. The maximum atomic E-state index is 5.19. The number of nitrogens with zero attached hydrogens (tertiary/aromatic N) is 2. The Hall–Kier alpha value is -1.32. The lowest BCUT2D eigenvalue weighted by molar-refractivity contribution is 0.121. The molecular formula is C23H38IN5O. The molecule has 1 saturated heterocycles. The number of nitrogens with one attached hydrogen (secondary N) is 3. The highest BCUT2D eigenvalue weighted by Gasteiger charge is 2.18. The third-order valence-corrected chi connectivity index (χ3v) is 5.87. The zero-order valence-corrected chi connectivity index (χ0v) is 21.0. The number of halogens is 1. The molecule has 2 heterocycles. The monoisotopic (exact) mass is 527 g/mol. The van der Waals surface area contributed by atoms with Crippen molar-refractivity contribution in [2.75, 3.05) is 53.0 Å². The fraction of sp³-hybridized carbons (Fsp3) is 0.609. The van der Waals surface area contributed by atoms with Gasteiger partial charge in [0.1, 0.15) is 0 Å².